The number of aromatic nitrogens is 1. The topological polar surface area (TPSA) is 123 Å². The maximum atomic E-state index is 14.2. The van der Waals surface area contributed by atoms with Crippen molar-refractivity contribution in [3.05, 3.63) is 101 Å². The minimum Gasteiger partial charge on any atom is -0.480 e. The van der Waals surface area contributed by atoms with Gasteiger partial charge in [0, 0.05) is 23.0 Å². The highest BCUT2D eigenvalue weighted by molar-refractivity contribution is 6.24. The van der Waals surface area contributed by atoms with Crippen LogP contribution in [0.3, 0.4) is 0 Å². The molecule has 3 heterocycles. The highest BCUT2D eigenvalue weighted by Gasteiger charge is 2.53. The number of hydrogen-bond acceptors (Lipinski definition) is 4. The van der Waals surface area contributed by atoms with E-state index in [0.29, 0.717) is 12.3 Å². The monoisotopic (exact) mass is 536 g/mol. The van der Waals surface area contributed by atoms with Crippen molar-refractivity contribution in [2.45, 2.75) is 38.3 Å². The van der Waals surface area contributed by atoms with Gasteiger partial charge in [0.15, 0.2) is 0 Å². The van der Waals surface area contributed by atoms with Gasteiger partial charge in [-0.3, -0.25) is 19.3 Å². The second-order valence-electron chi connectivity index (χ2n) is 10.5. The van der Waals surface area contributed by atoms with E-state index < -0.39 is 42.4 Å². The summed E-state index contributed by atoms with van der Waals surface area (Å²) in [5.41, 5.74) is 5.01. The molecule has 1 saturated heterocycles. The number of hydrogen-bond donors (Lipinski definition) is 3. The molecule has 4 aromatic rings. The van der Waals surface area contributed by atoms with Gasteiger partial charge in [-0.25, -0.2) is 9.69 Å². The summed E-state index contributed by atoms with van der Waals surface area (Å²) in [6.45, 7) is 3.65. The van der Waals surface area contributed by atoms with Gasteiger partial charge in [0.2, 0.25) is 0 Å². The predicted octanol–water partition coefficient (Wildman–Crippen LogP) is 4.59. The lowest BCUT2D eigenvalue weighted by atomic mass is 9.88. The molecule has 0 radical (unpaired) electrons. The van der Waals surface area contributed by atoms with E-state index in [-0.39, 0.29) is 11.3 Å². The van der Waals surface area contributed by atoms with E-state index >= 15 is 0 Å². The standard InChI is InChI=1S/C31H28N4O5/c1-17(2)18-11-13-19(14-12-18)28-27-22(20-7-3-5-9-23(20)33-27)15-25-30(39)35(31(40)34(25)28)24-10-6-4-8-21(24)29(38)32-16-26(36)37/h3-14,17,25,28,33H,15-16H2,1-2H3,(H,32,38)(H,36,37). The molecular formula is C31H28N4O5. The maximum absolute atomic E-state index is 14.2. The van der Waals surface area contributed by atoms with Gasteiger partial charge in [-0.2, -0.15) is 0 Å². The average molecular weight is 537 g/mol. The molecule has 9 nitrogen and oxygen atoms in total. The van der Waals surface area contributed by atoms with Crippen LogP contribution in [0.5, 0.6) is 0 Å². The van der Waals surface area contributed by atoms with Crippen molar-refractivity contribution in [2.75, 3.05) is 11.4 Å². The van der Waals surface area contributed by atoms with Crippen LogP contribution in [-0.4, -0.2) is 51.4 Å². The lowest BCUT2D eigenvalue weighted by Crippen LogP contribution is -2.44. The van der Waals surface area contributed by atoms with Crippen molar-refractivity contribution in [1.29, 1.82) is 0 Å². The Morgan fingerprint density at radius 2 is 1.70 bits per heavy atom. The van der Waals surface area contributed by atoms with Gasteiger partial charge in [-0.1, -0.05) is 68.4 Å². The number of aromatic amines is 1. The molecule has 0 spiro atoms. The number of nitrogens with zero attached hydrogens (tertiary/aromatic N) is 2. The quantitative estimate of drug-likeness (QED) is 0.311. The minimum absolute atomic E-state index is 0.0482. The van der Waals surface area contributed by atoms with E-state index in [2.05, 4.69) is 24.1 Å². The summed E-state index contributed by atoms with van der Waals surface area (Å²) in [5.74, 6) is -1.97. The number of amides is 4. The number of fused-ring (bicyclic) bond motifs is 4. The fourth-order valence-electron chi connectivity index (χ4n) is 5.82. The summed E-state index contributed by atoms with van der Waals surface area (Å²) in [7, 11) is 0. The van der Waals surface area contributed by atoms with Gasteiger partial charge >= 0.3 is 12.0 Å². The van der Waals surface area contributed by atoms with Crippen LogP contribution in [0.15, 0.2) is 72.8 Å². The zero-order chi connectivity index (χ0) is 28.1. The van der Waals surface area contributed by atoms with Crippen LogP contribution in [0.1, 0.15) is 58.5 Å². The summed E-state index contributed by atoms with van der Waals surface area (Å²) < 4.78 is 0. The number of benzene rings is 3. The normalized spacial score (nSPS) is 18.3. The number of urea groups is 1. The Balaban J connectivity index is 1.46. The molecule has 2 unspecified atom stereocenters. The number of rotatable bonds is 6. The second kappa shape index (κ2) is 9.68. The maximum Gasteiger partial charge on any atom is 0.332 e. The number of carbonyl (C=O) groups excluding carboxylic acids is 3. The number of aliphatic carboxylic acids is 1. The molecule has 2 aliphatic rings. The van der Waals surface area contributed by atoms with Crippen LogP contribution >= 0.6 is 0 Å². The summed E-state index contributed by atoms with van der Waals surface area (Å²) >= 11 is 0. The molecule has 202 valence electrons. The van der Waals surface area contributed by atoms with E-state index in [1.54, 1.807) is 17.0 Å². The Labute approximate surface area is 230 Å². The van der Waals surface area contributed by atoms with E-state index in [0.717, 1.165) is 32.6 Å². The van der Waals surface area contributed by atoms with Crippen LogP contribution in [0, 0.1) is 0 Å². The Morgan fingerprint density at radius 1 is 1.00 bits per heavy atom. The molecule has 9 heteroatoms. The third kappa shape index (κ3) is 4.02. The van der Waals surface area contributed by atoms with Crippen LogP contribution < -0.4 is 10.2 Å². The molecule has 1 fully saturated rings. The number of carboxylic acids is 1. The van der Waals surface area contributed by atoms with Crippen LogP contribution in [-0.2, 0) is 16.0 Å². The third-order valence-corrected chi connectivity index (χ3v) is 7.76. The lowest BCUT2D eigenvalue weighted by Gasteiger charge is -2.36. The summed E-state index contributed by atoms with van der Waals surface area (Å²) in [5, 5.41) is 12.3. The Hall–Kier alpha value is -4.92. The number of carbonyl (C=O) groups is 4. The second-order valence-corrected chi connectivity index (χ2v) is 10.5. The first-order valence-corrected chi connectivity index (χ1v) is 13.2. The number of H-pyrrole nitrogens is 1. The van der Waals surface area contributed by atoms with Crippen molar-refractivity contribution >= 4 is 40.4 Å². The largest absolute Gasteiger partial charge is 0.480 e. The molecule has 2 atom stereocenters. The van der Waals surface area contributed by atoms with Gasteiger partial charge in [-0.15, -0.1) is 0 Å². The van der Waals surface area contributed by atoms with E-state index in [1.807, 2.05) is 48.5 Å². The molecule has 40 heavy (non-hydrogen) atoms. The molecular weight excluding hydrogens is 508 g/mol. The molecule has 0 aliphatic carbocycles. The summed E-state index contributed by atoms with van der Waals surface area (Å²) in [6.07, 6.45) is 0.328. The minimum atomic E-state index is -1.20. The average Bonchev–Trinajstić information content (AvgIpc) is 3.44. The Morgan fingerprint density at radius 3 is 2.42 bits per heavy atom. The van der Waals surface area contributed by atoms with E-state index in [9.17, 15) is 19.2 Å². The molecule has 6 rings (SSSR count). The summed E-state index contributed by atoms with van der Waals surface area (Å²) in [6, 6.07) is 20.4. The fourth-order valence-corrected chi connectivity index (χ4v) is 5.82. The molecule has 0 saturated carbocycles. The van der Waals surface area contributed by atoms with Gasteiger partial charge in [-0.05, 0) is 40.8 Å². The molecule has 3 aromatic carbocycles. The Bertz CT molecular complexity index is 1670. The Kier molecular flexibility index (Phi) is 6.14. The molecule has 3 N–H and O–H groups in total. The molecule has 1 aromatic heterocycles. The number of nitrogens with one attached hydrogen (secondary N) is 2. The van der Waals surface area contributed by atoms with Crippen molar-refractivity contribution in [3.63, 3.8) is 0 Å². The fraction of sp³-hybridized carbons (Fsp3) is 0.226. The molecule has 0 bridgehead atoms. The number of imide groups is 1. The van der Waals surface area contributed by atoms with Crippen LogP contribution in [0.2, 0.25) is 0 Å². The van der Waals surface area contributed by atoms with Gasteiger partial charge < -0.3 is 15.4 Å². The van der Waals surface area contributed by atoms with Crippen molar-refractivity contribution in [2.24, 2.45) is 0 Å². The molecule has 4 amide bonds. The zero-order valence-corrected chi connectivity index (χ0v) is 22.0. The van der Waals surface area contributed by atoms with Gasteiger partial charge in [0.25, 0.3) is 11.8 Å². The van der Waals surface area contributed by atoms with Crippen molar-refractivity contribution in [3.8, 4) is 0 Å². The molecule has 2 aliphatic heterocycles. The van der Waals surface area contributed by atoms with Crippen molar-refractivity contribution in [1.82, 2.24) is 15.2 Å². The number of carboxylic acid groups (broad SMARTS) is 1. The highest BCUT2D eigenvalue weighted by Crippen LogP contribution is 2.45. The van der Waals surface area contributed by atoms with Crippen LogP contribution in [0.4, 0.5) is 10.5 Å². The van der Waals surface area contributed by atoms with Crippen LogP contribution in [0.25, 0.3) is 10.9 Å². The predicted molar refractivity (Wildman–Crippen MR) is 149 cm³/mol. The zero-order valence-electron chi connectivity index (χ0n) is 22.0. The number of anilines is 1. The summed E-state index contributed by atoms with van der Waals surface area (Å²) in [4.78, 5) is 58.2. The first kappa shape index (κ1) is 25.4. The van der Waals surface area contributed by atoms with Gasteiger partial charge in [0.1, 0.15) is 18.6 Å². The van der Waals surface area contributed by atoms with Gasteiger partial charge in [0.05, 0.1) is 11.3 Å². The highest BCUT2D eigenvalue weighted by atomic mass is 16.4. The van der Waals surface area contributed by atoms with Crippen molar-refractivity contribution < 1.29 is 24.3 Å². The first-order chi connectivity index (χ1) is 19.3. The first-order valence-electron chi connectivity index (χ1n) is 13.2. The third-order valence-electron chi connectivity index (χ3n) is 7.76. The SMILES string of the molecule is CC(C)c1ccc(C2c3[nH]c4ccccc4c3CC3C(=O)N(c4ccccc4C(=O)NCC(=O)O)C(=O)N32)cc1. The van der Waals surface area contributed by atoms with E-state index in [4.69, 9.17) is 5.11 Å². The smallest absolute Gasteiger partial charge is 0.332 e. The lowest BCUT2D eigenvalue weighted by molar-refractivity contribution is -0.135. The van der Waals surface area contributed by atoms with E-state index in [1.165, 1.54) is 17.7 Å². The number of para-hydroxylation sites is 2.